The number of hydrogen-bond acceptors (Lipinski definition) is 2. The fraction of sp³-hybridized carbons (Fsp3) is 0.333. The van der Waals surface area contributed by atoms with Crippen molar-refractivity contribution in [3.8, 4) is 0 Å². The van der Waals surface area contributed by atoms with E-state index >= 15 is 0 Å². The Morgan fingerprint density at radius 1 is 1.07 bits per heavy atom. The second-order valence-corrected chi connectivity index (χ2v) is 8.16. The molecule has 0 radical (unpaired) electrons. The third-order valence-corrected chi connectivity index (χ3v) is 5.90. The molecule has 0 spiro atoms. The number of benzene rings is 2. The van der Waals surface area contributed by atoms with Gasteiger partial charge in [-0.25, -0.2) is 4.39 Å². The van der Waals surface area contributed by atoms with Crippen LogP contribution >= 0.6 is 15.9 Å². The summed E-state index contributed by atoms with van der Waals surface area (Å²) in [6, 6.07) is 8.96. The van der Waals surface area contributed by atoms with E-state index in [0.717, 1.165) is 16.1 Å². The predicted molar refractivity (Wildman–Crippen MR) is 105 cm³/mol. The highest BCUT2D eigenvalue weighted by molar-refractivity contribution is 9.10. The monoisotopic (exact) mass is 487 g/mol. The Balaban J connectivity index is 1.83. The Hall–Kier alpha value is -2.42. The number of carboxylic acid groups (broad SMARTS) is 1. The molecule has 1 aliphatic rings. The highest BCUT2D eigenvalue weighted by Crippen LogP contribution is 2.42. The second-order valence-electron chi connectivity index (χ2n) is 7.24. The molecule has 0 heterocycles. The number of alkyl halides is 3. The van der Waals surface area contributed by atoms with E-state index in [1.165, 1.54) is 0 Å². The number of halogens is 5. The highest BCUT2D eigenvalue weighted by Gasteiger charge is 2.43. The van der Waals surface area contributed by atoms with Crippen LogP contribution in [0.25, 0.3) is 0 Å². The van der Waals surface area contributed by atoms with E-state index in [1.54, 1.807) is 24.3 Å². The van der Waals surface area contributed by atoms with Crippen molar-refractivity contribution < 1.29 is 32.3 Å². The standard InChI is InChI=1S/C21H18BrF4NO3/c22-13-7-4-11(5-8-13)14-2-1-3-15(18(14)20(29)30)19(28)27-17-9-6-12(10-16(17)23)21(24,25)26/h4-10,14-15,18H,1-3H2,(H,27,28)(H,29,30). The topological polar surface area (TPSA) is 66.4 Å². The lowest BCUT2D eigenvalue weighted by Crippen LogP contribution is -2.40. The zero-order chi connectivity index (χ0) is 22.1. The average Bonchev–Trinajstić information content (AvgIpc) is 2.68. The van der Waals surface area contributed by atoms with E-state index in [2.05, 4.69) is 21.2 Å². The number of anilines is 1. The molecule has 160 valence electrons. The van der Waals surface area contributed by atoms with Crippen LogP contribution in [0.1, 0.15) is 36.3 Å². The Labute approximate surface area is 178 Å². The molecule has 30 heavy (non-hydrogen) atoms. The first-order valence-electron chi connectivity index (χ1n) is 9.24. The maximum absolute atomic E-state index is 14.1. The molecule has 0 aromatic heterocycles. The van der Waals surface area contributed by atoms with Crippen molar-refractivity contribution in [3.05, 3.63) is 63.9 Å². The van der Waals surface area contributed by atoms with E-state index in [0.29, 0.717) is 25.0 Å². The number of rotatable bonds is 4. The largest absolute Gasteiger partial charge is 0.481 e. The van der Waals surface area contributed by atoms with Gasteiger partial charge in [-0.15, -0.1) is 0 Å². The van der Waals surface area contributed by atoms with Crippen molar-refractivity contribution in [2.24, 2.45) is 11.8 Å². The van der Waals surface area contributed by atoms with Gasteiger partial charge in [-0.3, -0.25) is 9.59 Å². The minimum atomic E-state index is -4.71. The summed E-state index contributed by atoms with van der Waals surface area (Å²) in [5, 5.41) is 12.1. The van der Waals surface area contributed by atoms with E-state index in [1.807, 2.05) is 0 Å². The van der Waals surface area contributed by atoms with Gasteiger partial charge in [0, 0.05) is 4.47 Å². The molecule has 1 fully saturated rings. The Morgan fingerprint density at radius 3 is 2.30 bits per heavy atom. The van der Waals surface area contributed by atoms with Crippen LogP contribution in [0.2, 0.25) is 0 Å². The van der Waals surface area contributed by atoms with E-state index in [-0.39, 0.29) is 6.42 Å². The molecule has 2 aromatic carbocycles. The van der Waals surface area contributed by atoms with E-state index in [9.17, 15) is 32.3 Å². The molecule has 0 aliphatic heterocycles. The molecule has 1 saturated carbocycles. The first-order chi connectivity index (χ1) is 14.1. The Morgan fingerprint density at radius 2 is 1.73 bits per heavy atom. The number of hydrogen-bond donors (Lipinski definition) is 2. The first-order valence-corrected chi connectivity index (χ1v) is 10.0. The molecule has 1 amide bonds. The second kappa shape index (κ2) is 8.75. The van der Waals surface area contributed by atoms with Gasteiger partial charge >= 0.3 is 12.1 Å². The van der Waals surface area contributed by atoms with Gasteiger partial charge in [0.15, 0.2) is 0 Å². The van der Waals surface area contributed by atoms with Crippen molar-refractivity contribution in [2.45, 2.75) is 31.4 Å². The third kappa shape index (κ3) is 4.83. The third-order valence-electron chi connectivity index (χ3n) is 5.37. The molecule has 0 saturated heterocycles. The van der Waals surface area contributed by atoms with Crippen LogP contribution in [0.5, 0.6) is 0 Å². The normalized spacial score (nSPS) is 21.8. The zero-order valence-electron chi connectivity index (χ0n) is 15.5. The Kier molecular flexibility index (Phi) is 6.50. The lowest BCUT2D eigenvalue weighted by Gasteiger charge is -2.35. The first kappa shape index (κ1) is 22.3. The van der Waals surface area contributed by atoms with Gasteiger partial charge in [-0.05, 0) is 54.7 Å². The molecule has 3 unspecified atom stereocenters. The van der Waals surface area contributed by atoms with Crippen molar-refractivity contribution in [1.29, 1.82) is 0 Å². The van der Waals surface area contributed by atoms with Gasteiger partial charge < -0.3 is 10.4 Å². The number of nitrogens with one attached hydrogen (secondary N) is 1. The van der Waals surface area contributed by atoms with Gasteiger partial charge in [-0.2, -0.15) is 13.2 Å². The molecule has 4 nitrogen and oxygen atoms in total. The SMILES string of the molecule is O=C(Nc1ccc(C(F)(F)F)cc1F)C1CCCC(c2ccc(Br)cc2)C1C(=O)O. The van der Waals surface area contributed by atoms with Crippen molar-refractivity contribution in [1.82, 2.24) is 0 Å². The maximum Gasteiger partial charge on any atom is 0.416 e. The van der Waals surface area contributed by atoms with Crippen LogP contribution in [0.4, 0.5) is 23.2 Å². The minimum absolute atomic E-state index is 0.290. The minimum Gasteiger partial charge on any atom is -0.481 e. The highest BCUT2D eigenvalue weighted by atomic mass is 79.9. The smallest absolute Gasteiger partial charge is 0.416 e. The predicted octanol–water partition coefficient (Wildman–Crippen LogP) is 5.83. The molecule has 2 N–H and O–H groups in total. The van der Waals surface area contributed by atoms with Crippen molar-refractivity contribution >= 4 is 33.5 Å². The van der Waals surface area contributed by atoms with Crippen LogP contribution in [-0.2, 0) is 15.8 Å². The summed E-state index contributed by atoms with van der Waals surface area (Å²) in [6.45, 7) is 0. The van der Waals surface area contributed by atoms with Crippen molar-refractivity contribution in [3.63, 3.8) is 0 Å². The van der Waals surface area contributed by atoms with Gasteiger partial charge in [0.25, 0.3) is 0 Å². The molecular weight excluding hydrogens is 470 g/mol. The van der Waals surface area contributed by atoms with Gasteiger partial charge in [0.05, 0.1) is 23.1 Å². The average molecular weight is 488 g/mol. The molecule has 9 heteroatoms. The summed E-state index contributed by atoms with van der Waals surface area (Å²) in [4.78, 5) is 24.8. The number of aliphatic carboxylic acids is 1. The van der Waals surface area contributed by atoms with Crippen LogP contribution in [0.3, 0.4) is 0 Å². The van der Waals surface area contributed by atoms with Crippen LogP contribution in [0.15, 0.2) is 46.9 Å². The molecule has 2 aromatic rings. The number of amides is 1. The number of carbonyl (C=O) groups excluding carboxylic acids is 1. The quantitative estimate of drug-likeness (QED) is 0.533. The van der Waals surface area contributed by atoms with Gasteiger partial charge in [-0.1, -0.05) is 34.5 Å². The molecular formula is C21H18BrF4NO3. The molecule has 1 aliphatic carbocycles. The number of carbonyl (C=O) groups is 2. The van der Waals surface area contributed by atoms with E-state index < -0.39 is 52.9 Å². The fourth-order valence-electron chi connectivity index (χ4n) is 3.94. The van der Waals surface area contributed by atoms with Gasteiger partial charge in [0.1, 0.15) is 5.82 Å². The van der Waals surface area contributed by atoms with Crippen LogP contribution < -0.4 is 5.32 Å². The lowest BCUT2D eigenvalue weighted by atomic mass is 9.69. The van der Waals surface area contributed by atoms with Gasteiger partial charge in [0.2, 0.25) is 5.91 Å². The summed E-state index contributed by atoms with van der Waals surface area (Å²) < 4.78 is 53.0. The summed E-state index contributed by atoms with van der Waals surface area (Å²) >= 11 is 3.32. The summed E-state index contributed by atoms with van der Waals surface area (Å²) in [5.74, 6) is -5.47. The van der Waals surface area contributed by atoms with E-state index in [4.69, 9.17) is 0 Å². The molecule has 0 bridgehead atoms. The fourth-order valence-corrected chi connectivity index (χ4v) is 4.20. The zero-order valence-corrected chi connectivity index (χ0v) is 17.1. The Bertz CT molecular complexity index is 946. The lowest BCUT2D eigenvalue weighted by molar-refractivity contribution is -0.148. The summed E-state index contributed by atoms with van der Waals surface area (Å²) in [5.41, 5.74) is -0.805. The van der Waals surface area contributed by atoms with Crippen LogP contribution in [-0.4, -0.2) is 17.0 Å². The summed E-state index contributed by atoms with van der Waals surface area (Å²) in [6.07, 6.45) is -3.24. The summed E-state index contributed by atoms with van der Waals surface area (Å²) in [7, 11) is 0. The molecule has 3 rings (SSSR count). The number of carboxylic acids is 1. The molecule has 3 atom stereocenters. The van der Waals surface area contributed by atoms with Crippen molar-refractivity contribution in [2.75, 3.05) is 5.32 Å². The van der Waals surface area contributed by atoms with Crippen LogP contribution in [0, 0.1) is 17.7 Å². The maximum atomic E-state index is 14.1.